The molecule has 1 aliphatic heterocycles. The van der Waals surface area contributed by atoms with Crippen molar-refractivity contribution < 1.29 is 13.9 Å². The largest absolute Gasteiger partial charge is 0.565 e. The van der Waals surface area contributed by atoms with Gasteiger partial charge in [-0.1, -0.05) is 12.1 Å². The second-order valence-corrected chi connectivity index (χ2v) is 5.49. The molecule has 5 nitrogen and oxygen atoms in total. The third kappa shape index (κ3) is 2.28. The molecule has 0 bridgehead atoms. The van der Waals surface area contributed by atoms with Crippen LogP contribution in [0.4, 0.5) is 0 Å². The van der Waals surface area contributed by atoms with Crippen LogP contribution in [-0.4, -0.2) is 24.7 Å². The van der Waals surface area contributed by atoms with Crippen molar-refractivity contribution in [2.24, 2.45) is 0 Å². The first-order valence-corrected chi connectivity index (χ1v) is 7.21. The van der Waals surface area contributed by atoms with E-state index in [-0.39, 0.29) is 5.82 Å². The molecule has 0 aromatic carbocycles. The monoisotopic (exact) mass is 297 g/mol. The highest BCUT2D eigenvalue weighted by molar-refractivity contribution is 6.36. The summed E-state index contributed by atoms with van der Waals surface area (Å²) in [4.78, 5) is 4.45. The summed E-state index contributed by atoms with van der Waals surface area (Å²) in [6.07, 6.45) is 1.79. The van der Waals surface area contributed by atoms with Gasteiger partial charge in [0.2, 0.25) is 5.88 Å². The Bertz CT molecular complexity index is 732. The van der Waals surface area contributed by atoms with E-state index in [0.29, 0.717) is 5.88 Å². The molecule has 1 radical (unpaired) electrons. The molecule has 0 saturated carbocycles. The molecule has 113 valence electrons. The summed E-state index contributed by atoms with van der Waals surface area (Å²) in [5.74, 6) is 2.44. The highest BCUT2D eigenvalue weighted by Crippen LogP contribution is 2.41. The van der Waals surface area contributed by atoms with Gasteiger partial charge in [0.25, 0.3) is 0 Å². The van der Waals surface area contributed by atoms with E-state index in [0.717, 1.165) is 39.5 Å². The van der Waals surface area contributed by atoms with E-state index in [9.17, 15) is 0 Å². The number of rotatable bonds is 3. The minimum atomic E-state index is 0.190. The molecule has 1 unspecified atom stereocenters. The third-order valence-electron chi connectivity index (χ3n) is 3.94. The Balaban J connectivity index is 2.18. The second-order valence-electron chi connectivity index (χ2n) is 5.49. The van der Waals surface area contributed by atoms with Crippen molar-refractivity contribution in [1.29, 1.82) is 0 Å². The molecule has 22 heavy (non-hydrogen) atoms. The highest BCUT2D eigenvalue weighted by atomic mass is 16.5. The average Bonchev–Trinajstić information content (AvgIpc) is 3.01. The van der Waals surface area contributed by atoms with E-state index in [1.807, 2.05) is 28.3 Å². The maximum absolute atomic E-state index is 5.55. The highest BCUT2D eigenvalue weighted by Gasteiger charge is 2.28. The number of nitrogens with zero attached hydrogens (tertiary/aromatic N) is 2. The predicted molar refractivity (Wildman–Crippen MR) is 84.6 cm³/mol. The number of hydrogen-bond donors (Lipinski definition) is 0. The zero-order valence-corrected chi connectivity index (χ0v) is 13.4. The van der Waals surface area contributed by atoms with Crippen LogP contribution in [0.3, 0.4) is 0 Å². The zero-order chi connectivity index (χ0) is 15.9. The van der Waals surface area contributed by atoms with Crippen molar-refractivity contribution >= 4 is 13.1 Å². The number of allylic oxidation sites excluding steroid dienone is 2. The SMILES string of the molecule is COc1ncc(-c2c(C)noc2C)cc1C1=C(C)O[B]C1C. The normalized spacial score (nSPS) is 17.4. The lowest BCUT2D eigenvalue weighted by atomic mass is 9.76. The van der Waals surface area contributed by atoms with E-state index in [1.165, 1.54) is 0 Å². The maximum atomic E-state index is 5.55. The molecular formula is C16H18BN2O3. The summed E-state index contributed by atoms with van der Waals surface area (Å²) in [6, 6.07) is 2.07. The smallest absolute Gasteiger partial charge is 0.377 e. The first-order valence-electron chi connectivity index (χ1n) is 7.21. The quantitative estimate of drug-likeness (QED) is 0.811. The fourth-order valence-electron chi connectivity index (χ4n) is 2.93. The lowest BCUT2D eigenvalue weighted by Crippen LogP contribution is -2.00. The molecule has 2 aromatic rings. The van der Waals surface area contributed by atoms with Gasteiger partial charge in [-0.25, -0.2) is 4.98 Å². The van der Waals surface area contributed by atoms with Gasteiger partial charge in [0.15, 0.2) is 0 Å². The second kappa shape index (κ2) is 5.52. The molecule has 6 heteroatoms. The summed E-state index contributed by atoms with van der Waals surface area (Å²) in [7, 11) is 3.45. The summed E-state index contributed by atoms with van der Waals surface area (Å²) < 4.78 is 16.2. The lowest BCUT2D eigenvalue weighted by molar-refractivity contribution is 0.393. The van der Waals surface area contributed by atoms with Gasteiger partial charge in [0, 0.05) is 28.7 Å². The van der Waals surface area contributed by atoms with E-state index in [4.69, 9.17) is 13.9 Å². The number of pyridine rings is 1. The molecule has 2 aromatic heterocycles. The van der Waals surface area contributed by atoms with Gasteiger partial charge in [0.1, 0.15) is 5.76 Å². The molecule has 0 spiro atoms. The van der Waals surface area contributed by atoms with Crippen molar-refractivity contribution in [3.05, 3.63) is 35.0 Å². The van der Waals surface area contributed by atoms with Crippen LogP contribution in [0.1, 0.15) is 30.9 Å². The Kier molecular flexibility index (Phi) is 3.68. The lowest BCUT2D eigenvalue weighted by Gasteiger charge is -2.13. The van der Waals surface area contributed by atoms with Crippen molar-refractivity contribution in [2.75, 3.05) is 7.11 Å². The molecule has 0 saturated heterocycles. The molecule has 0 aliphatic carbocycles. The number of ether oxygens (including phenoxy) is 1. The van der Waals surface area contributed by atoms with Gasteiger partial charge >= 0.3 is 7.48 Å². The van der Waals surface area contributed by atoms with Crippen LogP contribution >= 0.6 is 0 Å². The van der Waals surface area contributed by atoms with Crippen LogP contribution in [0.5, 0.6) is 5.88 Å². The van der Waals surface area contributed by atoms with Gasteiger partial charge in [0.05, 0.1) is 18.6 Å². The molecule has 3 rings (SSSR count). The van der Waals surface area contributed by atoms with Gasteiger partial charge in [-0.2, -0.15) is 0 Å². The standard InChI is InChI=1S/C16H18BN2O3/c1-8-14(10(3)21-17-8)13-6-12(7-18-16(13)20-5)15-9(2)19-22-11(15)4/h6-8H,1-5H3. The summed E-state index contributed by atoms with van der Waals surface area (Å²) in [5.41, 5.74) is 4.83. The minimum absolute atomic E-state index is 0.190. The van der Waals surface area contributed by atoms with Crippen LogP contribution in [0.15, 0.2) is 22.5 Å². The number of aromatic nitrogens is 2. The molecule has 0 fully saturated rings. The first-order chi connectivity index (χ1) is 10.5. The van der Waals surface area contributed by atoms with E-state index in [2.05, 4.69) is 23.1 Å². The van der Waals surface area contributed by atoms with Crippen LogP contribution in [0.2, 0.25) is 5.82 Å². The van der Waals surface area contributed by atoms with Gasteiger partial charge in [-0.05, 0) is 32.4 Å². The van der Waals surface area contributed by atoms with Crippen LogP contribution in [-0.2, 0) is 4.65 Å². The number of hydrogen-bond acceptors (Lipinski definition) is 5. The third-order valence-corrected chi connectivity index (χ3v) is 3.94. The van der Waals surface area contributed by atoms with Crippen molar-refractivity contribution in [2.45, 2.75) is 33.5 Å². The van der Waals surface area contributed by atoms with Crippen molar-refractivity contribution in [3.63, 3.8) is 0 Å². The molecule has 0 amide bonds. The van der Waals surface area contributed by atoms with Crippen LogP contribution < -0.4 is 4.74 Å². The topological polar surface area (TPSA) is 57.4 Å². The Morgan fingerprint density at radius 2 is 2.05 bits per heavy atom. The van der Waals surface area contributed by atoms with Crippen molar-refractivity contribution in [3.8, 4) is 17.0 Å². The van der Waals surface area contributed by atoms with Gasteiger partial charge < -0.3 is 13.9 Å². The zero-order valence-electron chi connectivity index (χ0n) is 13.4. The average molecular weight is 297 g/mol. The molecule has 3 heterocycles. The van der Waals surface area contributed by atoms with Gasteiger partial charge in [-0.3, -0.25) is 0 Å². The molecular weight excluding hydrogens is 279 g/mol. The van der Waals surface area contributed by atoms with E-state index >= 15 is 0 Å². The Morgan fingerprint density at radius 1 is 1.27 bits per heavy atom. The Hall–Kier alpha value is -2.24. The predicted octanol–water partition coefficient (Wildman–Crippen LogP) is 3.55. The first kappa shape index (κ1) is 14.7. The maximum Gasteiger partial charge on any atom is 0.377 e. The van der Waals surface area contributed by atoms with Crippen LogP contribution in [0, 0.1) is 13.8 Å². The Labute approximate surface area is 130 Å². The molecule has 1 atom stereocenters. The van der Waals surface area contributed by atoms with E-state index in [1.54, 1.807) is 13.3 Å². The van der Waals surface area contributed by atoms with Crippen molar-refractivity contribution in [1.82, 2.24) is 10.1 Å². The van der Waals surface area contributed by atoms with Gasteiger partial charge in [-0.15, -0.1) is 0 Å². The Morgan fingerprint density at radius 3 is 2.59 bits per heavy atom. The molecule has 1 aliphatic rings. The summed E-state index contributed by atoms with van der Waals surface area (Å²) in [6.45, 7) is 7.87. The fraction of sp³-hybridized carbons (Fsp3) is 0.375. The number of aryl methyl sites for hydroxylation is 2. The van der Waals surface area contributed by atoms with E-state index < -0.39 is 0 Å². The molecule has 0 N–H and O–H groups in total. The summed E-state index contributed by atoms with van der Waals surface area (Å²) >= 11 is 0. The summed E-state index contributed by atoms with van der Waals surface area (Å²) in [5, 5.41) is 4.02. The fourth-order valence-corrected chi connectivity index (χ4v) is 2.93. The minimum Gasteiger partial charge on any atom is -0.565 e. The number of methoxy groups -OCH3 is 1. The van der Waals surface area contributed by atoms with Crippen LogP contribution in [0.25, 0.3) is 16.7 Å².